The van der Waals surface area contributed by atoms with Crippen LogP contribution in [0, 0.1) is 5.82 Å². The summed E-state index contributed by atoms with van der Waals surface area (Å²) in [6.07, 6.45) is 0.439. The Morgan fingerprint density at radius 3 is 2.61 bits per heavy atom. The molecule has 7 nitrogen and oxygen atoms in total. The first-order chi connectivity index (χ1) is 15.8. The lowest BCUT2D eigenvalue weighted by molar-refractivity contribution is 0.0827. The highest BCUT2D eigenvalue weighted by atomic mass is 35.5. The first-order valence-corrected chi connectivity index (χ1v) is 11.0. The molecule has 1 N–H and O–H groups in total. The van der Waals surface area contributed by atoms with Crippen molar-refractivity contribution in [2.45, 2.75) is 6.42 Å². The summed E-state index contributed by atoms with van der Waals surface area (Å²) in [7, 11) is 3.32. The fourth-order valence-electron chi connectivity index (χ4n) is 3.82. The molecule has 2 aromatic carbocycles. The van der Waals surface area contributed by atoms with Gasteiger partial charge < -0.3 is 24.3 Å². The number of nitrogens with zero attached hydrogens (tertiary/aromatic N) is 2. The van der Waals surface area contributed by atoms with Gasteiger partial charge in [0.1, 0.15) is 11.4 Å². The average Bonchev–Trinajstić information content (AvgIpc) is 2.78. The van der Waals surface area contributed by atoms with Gasteiger partial charge >= 0.3 is 0 Å². The third-order valence-corrected chi connectivity index (χ3v) is 5.67. The lowest BCUT2D eigenvalue weighted by Gasteiger charge is -2.27. The topological polar surface area (TPSA) is 75.0 Å². The molecule has 4 rings (SSSR count). The zero-order valence-corrected chi connectivity index (χ0v) is 19.2. The van der Waals surface area contributed by atoms with Crippen LogP contribution in [0.2, 0.25) is 5.02 Å². The molecular weight excluding hydrogens is 449 g/mol. The number of carbonyl (C=O) groups excluding carboxylic acids is 1. The van der Waals surface area contributed by atoms with Crippen LogP contribution in [0.4, 0.5) is 16.0 Å². The standard InChI is InChI=1S/C24H25ClFN3O4/c1-28(2)24(31)16-9-15(3-4-27-19-12-17(25)11-18(26)13-19)23-20(10-16)21(30)14-22(33-23)29-5-7-32-8-6-29/h9-14,27H,3-8H2,1-2H3. The highest BCUT2D eigenvalue weighted by Crippen LogP contribution is 2.26. The van der Waals surface area contributed by atoms with Gasteiger partial charge in [-0.2, -0.15) is 0 Å². The molecule has 1 aliphatic rings. The summed E-state index contributed by atoms with van der Waals surface area (Å²) in [6.45, 7) is 2.79. The summed E-state index contributed by atoms with van der Waals surface area (Å²) in [5.74, 6) is -0.163. The number of amides is 1. The van der Waals surface area contributed by atoms with Crippen molar-refractivity contribution < 1.29 is 18.3 Å². The van der Waals surface area contributed by atoms with Crippen molar-refractivity contribution in [3.05, 3.63) is 68.6 Å². The third kappa shape index (κ3) is 5.29. The molecule has 0 atom stereocenters. The largest absolute Gasteiger partial charge is 0.440 e. The van der Waals surface area contributed by atoms with Crippen molar-refractivity contribution in [1.82, 2.24) is 4.90 Å². The molecule has 174 valence electrons. The lowest BCUT2D eigenvalue weighted by atomic mass is 10.0. The van der Waals surface area contributed by atoms with E-state index in [4.69, 9.17) is 20.8 Å². The number of anilines is 2. The normalized spacial score (nSPS) is 13.9. The molecule has 0 saturated carbocycles. The minimum Gasteiger partial charge on any atom is -0.440 e. The summed E-state index contributed by atoms with van der Waals surface area (Å²) in [4.78, 5) is 29.1. The number of carbonyl (C=O) groups is 1. The number of morpholine rings is 1. The molecule has 1 fully saturated rings. The first-order valence-electron chi connectivity index (χ1n) is 10.7. The molecule has 2 heterocycles. The summed E-state index contributed by atoms with van der Waals surface area (Å²) in [6, 6.07) is 9.01. The molecule has 1 aromatic heterocycles. The van der Waals surface area contributed by atoms with Gasteiger partial charge in [0.2, 0.25) is 0 Å². The van der Waals surface area contributed by atoms with Crippen molar-refractivity contribution >= 4 is 40.0 Å². The van der Waals surface area contributed by atoms with Gasteiger partial charge in [0.05, 0.1) is 18.6 Å². The average molecular weight is 474 g/mol. The van der Waals surface area contributed by atoms with E-state index in [-0.39, 0.29) is 11.3 Å². The maximum atomic E-state index is 13.6. The second-order valence-electron chi connectivity index (χ2n) is 8.09. The molecule has 0 unspecified atom stereocenters. The summed E-state index contributed by atoms with van der Waals surface area (Å²) < 4.78 is 25.2. The Morgan fingerprint density at radius 2 is 1.91 bits per heavy atom. The number of rotatable bonds is 6. The number of benzene rings is 2. The Labute approximate surface area is 195 Å². The van der Waals surface area contributed by atoms with Crippen LogP contribution in [0.25, 0.3) is 11.0 Å². The molecular formula is C24H25ClFN3O4. The Kier molecular flexibility index (Phi) is 6.85. The lowest BCUT2D eigenvalue weighted by Crippen LogP contribution is -2.36. The number of ether oxygens (including phenoxy) is 1. The SMILES string of the molecule is CN(C)C(=O)c1cc(CCNc2cc(F)cc(Cl)c2)c2oc(N3CCOCC3)cc(=O)c2c1. The van der Waals surface area contributed by atoms with E-state index in [0.717, 1.165) is 0 Å². The molecule has 3 aromatic rings. The fourth-order valence-corrected chi connectivity index (χ4v) is 4.04. The monoisotopic (exact) mass is 473 g/mol. The molecule has 0 bridgehead atoms. The number of hydrogen-bond donors (Lipinski definition) is 1. The molecule has 33 heavy (non-hydrogen) atoms. The number of hydrogen-bond acceptors (Lipinski definition) is 6. The van der Waals surface area contributed by atoms with E-state index in [1.54, 1.807) is 32.3 Å². The molecule has 0 spiro atoms. The predicted octanol–water partition coefficient (Wildman–Crippen LogP) is 3.78. The van der Waals surface area contributed by atoms with E-state index < -0.39 is 5.82 Å². The van der Waals surface area contributed by atoms with Gasteiger partial charge in [-0.25, -0.2) is 4.39 Å². The summed E-state index contributed by atoms with van der Waals surface area (Å²) in [5.41, 5.74) is 1.89. The van der Waals surface area contributed by atoms with Crippen LogP contribution in [0.1, 0.15) is 15.9 Å². The second kappa shape index (κ2) is 9.80. The van der Waals surface area contributed by atoms with Crippen molar-refractivity contribution in [2.24, 2.45) is 0 Å². The van der Waals surface area contributed by atoms with E-state index >= 15 is 0 Å². The predicted molar refractivity (Wildman–Crippen MR) is 127 cm³/mol. The van der Waals surface area contributed by atoms with Gasteiger partial charge in [-0.05, 0) is 42.3 Å². The maximum absolute atomic E-state index is 13.6. The van der Waals surface area contributed by atoms with E-state index in [0.29, 0.717) is 78.0 Å². The van der Waals surface area contributed by atoms with Gasteiger partial charge in [-0.15, -0.1) is 0 Å². The van der Waals surface area contributed by atoms with Crippen LogP contribution in [0.5, 0.6) is 0 Å². The Bertz CT molecular complexity index is 1220. The molecule has 1 aliphatic heterocycles. The van der Waals surface area contributed by atoms with E-state index in [1.165, 1.54) is 23.1 Å². The first kappa shape index (κ1) is 23.1. The van der Waals surface area contributed by atoms with Gasteiger partial charge in [-0.3, -0.25) is 9.59 Å². The fraction of sp³-hybridized carbons (Fsp3) is 0.333. The van der Waals surface area contributed by atoms with Crippen molar-refractivity contribution in [1.29, 1.82) is 0 Å². The van der Waals surface area contributed by atoms with Gasteiger partial charge in [-0.1, -0.05) is 11.6 Å². The van der Waals surface area contributed by atoms with E-state index in [9.17, 15) is 14.0 Å². The minimum atomic E-state index is -0.435. The highest BCUT2D eigenvalue weighted by molar-refractivity contribution is 6.30. The number of halogens is 2. The van der Waals surface area contributed by atoms with E-state index in [2.05, 4.69) is 5.32 Å². The van der Waals surface area contributed by atoms with Crippen LogP contribution in [-0.4, -0.2) is 57.8 Å². The van der Waals surface area contributed by atoms with Gasteiger partial charge in [0, 0.05) is 56.1 Å². The second-order valence-corrected chi connectivity index (χ2v) is 8.53. The Balaban J connectivity index is 1.70. The smallest absolute Gasteiger partial charge is 0.253 e. The van der Waals surface area contributed by atoms with Crippen LogP contribution >= 0.6 is 11.6 Å². The minimum absolute atomic E-state index is 0.209. The zero-order chi connectivity index (χ0) is 23.5. The molecule has 0 radical (unpaired) electrons. The van der Waals surface area contributed by atoms with Crippen LogP contribution < -0.4 is 15.6 Å². The summed E-state index contributed by atoms with van der Waals surface area (Å²) in [5, 5.41) is 3.78. The Morgan fingerprint density at radius 1 is 1.15 bits per heavy atom. The maximum Gasteiger partial charge on any atom is 0.253 e. The van der Waals surface area contributed by atoms with Crippen LogP contribution in [-0.2, 0) is 11.2 Å². The number of nitrogens with one attached hydrogen (secondary N) is 1. The van der Waals surface area contributed by atoms with Crippen LogP contribution in [0.15, 0.2) is 45.6 Å². The molecule has 1 amide bonds. The van der Waals surface area contributed by atoms with Gasteiger partial charge in [0.25, 0.3) is 5.91 Å². The third-order valence-electron chi connectivity index (χ3n) is 5.45. The molecule has 1 saturated heterocycles. The van der Waals surface area contributed by atoms with Crippen molar-refractivity contribution in [2.75, 3.05) is 57.2 Å². The van der Waals surface area contributed by atoms with Crippen molar-refractivity contribution in [3.8, 4) is 0 Å². The quantitative estimate of drug-likeness (QED) is 0.587. The molecule has 0 aliphatic carbocycles. The zero-order valence-electron chi connectivity index (χ0n) is 18.5. The highest BCUT2D eigenvalue weighted by Gasteiger charge is 2.19. The Hall–Kier alpha value is -3.10. The van der Waals surface area contributed by atoms with E-state index in [1.807, 2.05) is 4.90 Å². The summed E-state index contributed by atoms with van der Waals surface area (Å²) >= 11 is 5.93. The molecule has 9 heteroatoms. The van der Waals surface area contributed by atoms with Gasteiger partial charge in [0.15, 0.2) is 11.3 Å². The van der Waals surface area contributed by atoms with Crippen LogP contribution in [0.3, 0.4) is 0 Å². The van der Waals surface area contributed by atoms with Crippen molar-refractivity contribution in [3.63, 3.8) is 0 Å². The number of fused-ring (bicyclic) bond motifs is 1.